The fourth-order valence-electron chi connectivity index (χ4n) is 2.07. The first-order valence-corrected chi connectivity index (χ1v) is 5.87. The zero-order valence-electron chi connectivity index (χ0n) is 9.90. The number of carbonyl (C=O) groups excluding carboxylic acids is 2. The number of benzene rings is 1. The summed E-state index contributed by atoms with van der Waals surface area (Å²) in [4.78, 5) is 24.8. The van der Waals surface area contributed by atoms with Crippen LogP contribution in [0.5, 0.6) is 0 Å². The number of aryl methyl sites for hydroxylation is 1. The zero-order chi connectivity index (χ0) is 13.3. The number of nitrogens with two attached hydrogens (primary N) is 1. The highest BCUT2D eigenvalue weighted by Crippen LogP contribution is 2.25. The van der Waals surface area contributed by atoms with Crippen LogP contribution in [-0.4, -0.2) is 29.9 Å². The second-order valence-electron chi connectivity index (χ2n) is 4.16. The molecule has 0 bridgehead atoms. The Bertz CT molecular complexity index is 526. The van der Waals surface area contributed by atoms with E-state index in [-0.39, 0.29) is 29.9 Å². The first kappa shape index (κ1) is 12.5. The Morgan fingerprint density at radius 1 is 1.33 bits per heavy atom. The van der Waals surface area contributed by atoms with Gasteiger partial charge in [-0.1, -0.05) is 24.4 Å². The topological polar surface area (TPSA) is 75.4 Å². The fourth-order valence-corrected chi connectivity index (χ4v) is 2.24. The lowest BCUT2D eigenvalue weighted by Gasteiger charge is -2.30. The average Bonchev–Trinajstić information content (AvgIpc) is 2.26. The molecule has 1 fully saturated rings. The van der Waals surface area contributed by atoms with Gasteiger partial charge in [0, 0.05) is 5.56 Å². The molecule has 0 aliphatic carbocycles. The van der Waals surface area contributed by atoms with Crippen molar-refractivity contribution in [2.75, 3.05) is 18.0 Å². The van der Waals surface area contributed by atoms with Crippen LogP contribution in [0.2, 0.25) is 0 Å². The molecular weight excluding hydrogens is 250 g/mol. The Hall–Kier alpha value is -1.95. The molecule has 1 aliphatic heterocycles. The molecule has 18 heavy (non-hydrogen) atoms. The van der Waals surface area contributed by atoms with Gasteiger partial charge in [0.05, 0.1) is 18.8 Å². The van der Waals surface area contributed by atoms with E-state index in [2.05, 4.69) is 5.32 Å². The van der Waals surface area contributed by atoms with Crippen LogP contribution >= 0.6 is 12.2 Å². The van der Waals surface area contributed by atoms with E-state index in [1.807, 2.05) is 19.1 Å². The normalized spacial score (nSPS) is 15.5. The molecule has 5 nitrogen and oxygen atoms in total. The number of para-hydroxylation sites is 1. The van der Waals surface area contributed by atoms with Gasteiger partial charge in [-0.2, -0.15) is 0 Å². The Morgan fingerprint density at radius 2 is 1.94 bits per heavy atom. The van der Waals surface area contributed by atoms with Crippen molar-refractivity contribution < 1.29 is 9.59 Å². The molecule has 6 heteroatoms. The van der Waals surface area contributed by atoms with Gasteiger partial charge >= 0.3 is 0 Å². The quantitative estimate of drug-likeness (QED) is 0.584. The summed E-state index contributed by atoms with van der Waals surface area (Å²) in [5, 5.41) is 2.26. The van der Waals surface area contributed by atoms with Gasteiger partial charge in [0.1, 0.15) is 4.99 Å². The monoisotopic (exact) mass is 263 g/mol. The van der Waals surface area contributed by atoms with Crippen molar-refractivity contribution in [3.05, 3.63) is 29.3 Å². The first-order chi connectivity index (χ1) is 8.49. The minimum Gasteiger partial charge on any atom is -0.389 e. The van der Waals surface area contributed by atoms with Crippen LogP contribution in [0.3, 0.4) is 0 Å². The molecule has 0 aromatic heterocycles. The summed E-state index contributed by atoms with van der Waals surface area (Å²) in [5.41, 5.74) is 8.06. The second kappa shape index (κ2) is 4.73. The predicted molar refractivity (Wildman–Crippen MR) is 72.4 cm³/mol. The molecule has 0 unspecified atom stereocenters. The van der Waals surface area contributed by atoms with Gasteiger partial charge in [-0.15, -0.1) is 0 Å². The number of hydrogen-bond acceptors (Lipinski definition) is 4. The summed E-state index contributed by atoms with van der Waals surface area (Å²) in [5.74, 6) is -0.633. The van der Waals surface area contributed by atoms with E-state index < -0.39 is 0 Å². The lowest BCUT2D eigenvalue weighted by molar-refractivity contribution is -0.130. The molecule has 0 atom stereocenters. The van der Waals surface area contributed by atoms with Crippen molar-refractivity contribution in [1.29, 1.82) is 0 Å². The predicted octanol–water partition coefficient (Wildman–Crippen LogP) is 0.0920. The number of thiocarbonyl (C=S) groups is 1. The molecule has 1 aliphatic rings. The summed E-state index contributed by atoms with van der Waals surface area (Å²) >= 11 is 5.00. The maximum Gasteiger partial charge on any atom is 0.246 e. The van der Waals surface area contributed by atoms with Gasteiger partial charge in [0.15, 0.2) is 0 Å². The zero-order valence-corrected chi connectivity index (χ0v) is 10.7. The summed E-state index contributed by atoms with van der Waals surface area (Å²) in [7, 11) is 0. The van der Waals surface area contributed by atoms with E-state index in [0.717, 1.165) is 11.3 Å². The van der Waals surface area contributed by atoms with Gasteiger partial charge in [-0.25, -0.2) is 0 Å². The lowest BCUT2D eigenvalue weighted by atomic mass is 10.1. The molecule has 2 amide bonds. The molecule has 1 heterocycles. The second-order valence-corrected chi connectivity index (χ2v) is 4.60. The van der Waals surface area contributed by atoms with Crippen molar-refractivity contribution >= 4 is 34.7 Å². The molecule has 3 N–H and O–H groups in total. The average molecular weight is 263 g/mol. The molecule has 0 saturated carbocycles. The summed E-state index contributed by atoms with van der Waals surface area (Å²) < 4.78 is 0. The largest absolute Gasteiger partial charge is 0.389 e. The molecule has 1 aromatic carbocycles. The van der Waals surface area contributed by atoms with Gasteiger partial charge in [0.2, 0.25) is 11.8 Å². The van der Waals surface area contributed by atoms with E-state index in [4.69, 9.17) is 18.0 Å². The van der Waals surface area contributed by atoms with Crippen molar-refractivity contribution in [2.45, 2.75) is 6.92 Å². The van der Waals surface area contributed by atoms with Crippen LogP contribution in [0.25, 0.3) is 0 Å². The SMILES string of the molecule is Cc1cccc(C(N)=S)c1N1CC(=O)NC(=O)C1. The molecule has 1 aromatic rings. The van der Waals surface area contributed by atoms with Crippen LogP contribution in [0.1, 0.15) is 11.1 Å². The van der Waals surface area contributed by atoms with Crippen LogP contribution < -0.4 is 16.0 Å². The van der Waals surface area contributed by atoms with E-state index in [1.165, 1.54) is 0 Å². The van der Waals surface area contributed by atoms with Crippen molar-refractivity contribution in [2.24, 2.45) is 5.73 Å². The number of carbonyl (C=O) groups is 2. The minimum atomic E-state index is -0.316. The third kappa shape index (κ3) is 2.33. The number of hydrogen-bond donors (Lipinski definition) is 2. The third-order valence-corrected chi connectivity index (χ3v) is 2.99. The number of anilines is 1. The Morgan fingerprint density at radius 3 is 2.50 bits per heavy atom. The van der Waals surface area contributed by atoms with Crippen LogP contribution in [0.15, 0.2) is 18.2 Å². The maximum atomic E-state index is 11.4. The van der Waals surface area contributed by atoms with Gasteiger partial charge in [0.25, 0.3) is 0 Å². The number of nitrogens with one attached hydrogen (secondary N) is 1. The van der Waals surface area contributed by atoms with Crippen molar-refractivity contribution in [1.82, 2.24) is 5.32 Å². The van der Waals surface area contributed by atoms with E-state index in [9.17, 15) is 9.59 Å². The highest BCUT2D eigenvalue weighted by atomic mass is 32.1. The number of imide groups is 1. The maximum absolute atomic E-state index is 11.4. The number of amides is 2. The van der Waals surface area contributed by atoms with Gasteiger partial charge < -0.3 is 10.6 Å². The molecule has 2 rings (SSSR count). The Balaban J connectivity index is 2.46. The van der Waals surface area contributed by atoms with Crippen LogP contribution in [-0.2, 0) is 9.59 Å². The molecule has 94 valence electrons. The Kier molecular flexibility index (Phi) is 3.29. The minimum absolute atomic E-state index is 0.131. The summed E-state index contributed by atoms with van der Waals surface area (Å²) in [6.07, 6.45) is 0. The third-order valence-electron chi connectivity index (χ3n) is 2.77. The molecule has 1 saturated heterocycles. The number of nitrogens with zero attached hydrogens (tertiary/aromatic N) is 1. The summed E-state index contributed by atoms with van der Waals surface area (Å²) in [6, 6.07) is 5.54. The van der Waals surface area contributed by atoms with Crippen molar-refractivity contribution in [3.8, 4) is 0 Å². The van der Waals surface area contributed by atoms with Crippen LogP contribution in [0, 0.1) is 6.92 Å². The highest BCUT2D eigenvalue weighted by molar-refractivity contribution is 7.80. The van der Waals surface area contributed by atoms with Gasteiger partial charge in [-0.3, -0.25) is 14.9 Å². The fraction of sp³-hybridized carbons (Fsp3) is 0.250. The van der Waals surface area contributed by atoms with E-state index >= 15 is 0 Å². The van der Waals surface area contributed by atoms with E-state index in [0.29, 0.717) is 5.56 Å². The first-order valence-electron chi connectivity index (χ1n) is 5.46. The number of rotatable bonds is 2. The molecular formula is C12H13N3O2S. The smallest absolute Gasteiger partial charge is 0.246 e. The molecule has 0 radical (unpaired) electrons. The molecule has 0 spiro atoms. The van der Waals surface area contributed by atoms with Crippen molar-refractivity contribution in [3.63, 3.8) is 0 Å². The number of piperazine rings is 1. The Labute approximate surface area is 110 Å². The highest BCUT2D eigenvalue weighted by Gasteiger charge is 2.25. The van der Waals surface area contributed by atoms with E-state index in [1.54, 1.807) is 11.0 Å². The standard InChI is InChI=1S/C12H13N3O2S/c1-7-3-2-4-8(12(13)18)11(7)15-5-9(16)14-10(17)6-15/h2-4H,5-6H2,1H3,(H2,13,18)(H,14,16,17). The summed E-state index contributed by atoms with van der Waals surface area (Å²) in [6.45, 7) is 2.16. The lowest BCUT2D eigenvalue weighted by Crippen LogP contribution is -2.52. The van der Waals surface area contributed by atoms with Crippen LogP contribution in [0.4, 0.5) is 5.69 Å². The van der Waals surface area contributed by atoms with Gasteiger partial charge in [-0.05, 0) is 18.6 Å².